The van der Waals surface area contributed by atoms with Gasteiger partial charge in [0, 0.05) is 12.7 Å². The molecule has 0 spiro atoms. The lowest BCUT2D eigenvalue weighted by molar-refractivity contribution is 0.0944. The van der Waals surface area contributed by atoms with E-state index in [1.807, 2.05) is 0 Å². The predicted molar refractivity (Wildman–Crippen MR) is 67.5 cm³/mol. The standard InChI is InChI=1S/C14H18F2N2O/c1-13(2)9(14(13,3)4)7-18-12(19)8-5-6-17-11(16)10(8)15/h5-6,9H,7H2,1-4H3,(H,18,19). The van der Waals surface area contributed by atoms with Crippen molar-refractivity contribution in [3.05, 3.63) is 29.6 Å². The topological polar surface area (TPSA) is 42.0 Å². The van der Waals surface area contributed by atoms with Crippen LogP contribution in [0, 0.1) is 28.5 Å². The molecule has 0 aliphatic heterocycles. The first-order chi connectivity index (χ1) is 8.69. The normalized spacial score (nSPS) is 20.1. The fraction of sp³-hybridized carbons (Fsp3) is 0.571. The zero-order valence-corrected chi connectivity index (χ0v) is 11.6. The molecule has 104 valence electrons. The molecule has 5 heteroatoms. The van der Waals surface area contributed by atoms with Gasteiger partial charge in [0.15, 0.2) is 5.82 Å². The van der Waals surface area contributed by atoms with Gasteiger partial charge in [-0.15, -0.1) is 0 Å². The molecular formula is C14H18F2N2O. The zero-order chi connectivity index (χ0) is 14.4. The van der Waals surface area contributed by atoms with E-state index in [1.54, 1.807) is 0 Å². The largest absolute Gasteiger partial charge is 0.352 e. The summed E-state index contributed by atoms with van der Waals surface area (Å²) in [5.41, 5.74) is -0.0197. The second kappa shape index (κ2) is 4.25. The van der Waals surface area contributed by atoms with Crippen molar-refractivity contribution < 1.29 is 13.6 Å². The summed E-state index contributed by atoms with van der Waals surface area (Å²) >= 11 is 0. The summed E-state index contributed by atoms with van der Waals surface area (Å²) in [5, 5.41) is 2.67. The lowest BCUT2D eigenvalue weighted by atomic mass is 10.0. The van der Waals surface area contributed by atoms with E-state index in [0.717, 1.165) is 6.20 Å². The van der Waals surface area contributed by atoms with E-state index in [9.17, 15) is 13.6 Å². The number of pyridine rings is 1. The molecule has 0 bridgehead atoms. The Morgan fingerprint density at radius 3 is 2.42 bits per heavy atom. The second-order valence-electron chi connectivity index (χ2n) is 6.17. The first kappa shape index (κ1) is 13.9. The summed E-state index contributed by atoms with van der Waals surface area (Å²) in [6.07, 6.45) is 1.08. The molecule has 1 saturated carbocycles. The van der Waals surface area contributed by atoms with E-state index in [1.165, 1.54) is 6.07 Å². The van der Waals surface area contributed by atoms with Crippen LogP contribution in [0.3, 0.4) is 0 Å². The number of rotatable bonds is 3. The number of nitrogens with zero attached hydrogens (tertiary/aromatic N) is 1. The molecule has 2 rings (SSSR count). The lowest BCUT2D eigenvalue weighted by Crippen LogP contribution is -2.28. The van der Waals surface area contributed by atoms with Crippen LogP contribution in [-0.4, -0.2) is 17.4 Å². The molecule has 1 N–H and O–H groups in total. The van der Waals surface area contributed by atoms with Gasteiger partial charge >= 0.3 is 0 Å². The smallest absolute Gasteiger partial charge is 0.254 e. The molecule has 1 fully saturated rings. The van der Waals surface area contributed by atoms with Gasteiger partial charge in [-0.05, 0) is 22.8 Å². The molecule has 1 aliphatic rings. The van der Waals surface area contributed by atoms with E-state index in [4.69, 9.17) is 0 Å². The van der Waals surface area contributed by atoms with Crippen LogP contribution in [0.15, 0.2) is 12.3 Å². The maximum atomic E-state index is 13.4. The Hall–Kier alpha value is -1.52. The quantitative estimate of drug-likeness (QED) is 0.856. The van der Waals surface area contributed by atoms with Crippen molar-refractivity contribution in [2.24, 2.45) is 16.7 Å². The molecule has 0 radical (unpaired) electrons. The SMILES string of the molecule is CC1(C)C(CNC(=O)c2ccnc(F)c2F)C1(C)C. The van der Waals surface area contributed by atoms with Crippen molar-refractivity contribution in [3.63, 3.8) is 0 Å². The van der Waals surface area contributed by atoms with Gasteiger partial charge in [0.25, 0.3) is 5.91 Å². The van der Waals surface area contributed by atoms with Crippen LogP contribution < -0.4 is 5.32 Å². The van der Waals surface area contributed by atoms with Gasteiger partial charge < -0.3 is 5.32 Å². The van der Waals surface area contributed by atoms with Gasteiger partial charge in [0.1, 0.15) is 0 Å². The van der Waals surface area contributed by atoms with Crippen LogP contribution in [0.1, 0.15) is 38.1 Å². The van der Waals surface area contributed by atoms with Crippen LogP contribution in [0.25, 0.3) is 0 Å². The summed E-state index contributed by atoms with van der Waals surface area (Å²) in [6, 6.07) is 1.18. The first-order valence-corrected chi connectivity index (χ1v) is 6.28. The molecule has 0 saturated heterocycles. The zero-order valence-electron chi connectivity index (χ0n) is 11.6. The molecule has 0 unspecified atom stereocenters. The minimum Gasteiger partial charge on any atom is -0.352 e. The lowest BCUT2D eigenvalue weighted by Gasteiger charge is -2.07. The van der Waals surface area contributed by atoms with Gasteiger partial charge in [-0.25, -0.2) is 9.37 Å². The fourth-order valence-corrected chi connectivity index (χ4v) is 2.73. The molecule has 0 atom stereocenters. The number of hydrogen-bond acceptors (Lipinski definition) is 2. The number of amides is 1. The highest BCUT2D eigenvalue weighted by molar-refractivity contribution is 5.94. The molecule has 1 aliphatic carbocycles. The monoisotopic (exact) mass is 268 g/mol. The number of hydrogen-bond donors (Lipinski definition) is 1. The van der Waals surface area contributed by atoms with Crippen molar-refractivity contribution in [2.45, 2.75) is 27.7 Å². The Bertz CT molecular complexity index is 512. The van der Waals surface area contributed by atoms with Crippen molar-refractivity contribution >= 4 is 5.91 Å². The molecule has 1 aromatic rings. The van der Waals surface area contributed by atoms with Crippen molar-refractivity contribution in [2.75, 3.05) is 6.54 Å². The van der Waals surface area contributed by atoms with E-state index in [-0.39, 0.29) is 16.4 Å². The Balaban J connectivity index is 2.02. The van der Waals surface area contributed by atoms with Crippen LogP contribution in [0.5, 0.6) is 0 Å². The van der Waals surface area contributed by atoms with Gasteiger partial charge in [-0.1, -0.05) is 27.7 Å². The average molecular weight is 268 g/mol. The van der Waals surface area contributed by atoms with E-state index < -0.39 is 17.7 Å². The van der Waals surface area contributed by atoms with Gasteiger partial charge in [0.2, 0.25) is 5.95 Å². The van der Waals surface area contributed by atoms with Crippen LogP contribution in [0.4, 0.5) is 8.78 Å². The third kappa shape index (κ3) is 2.11. The van der Waals surface area contributed by atoms with Crippen molar-refractivity contribution in [3.8, 4) is 0 Å². The summed E-state index contributed by atoms with van der Waals surface area (Å²) < 4.78 is 26.3. The van der Waals surface area contributed by atoms with Crippen LogP contribution in [0.2, 0.25) is 0 Å². The van der Waals surface area contributed by atoms with Gasteiger partial charge in [-0.3, -0.25) is 4.79 Å². The van der Waals surface area contributed by atoms with Crippen LogP contribution >= 0.6 is 0 Å². The van der Waals surface area contributed by atoms with E-state index in [2.05, 4.69) is 38.0 Å². The number of halogens is 2. The molecular weight excluding hydrogens is 250 g/mol. The average Bonchev–Trinajstić information content (AvgIpc) is 2.70. The highest BCUT2D eigenvalue weighted by atomic mass is 19.2. The fourth-order valence-electron chi connectivity index (χ4n) is 2.73. The molecule has 0 aromatic carbocycles. The maximum Gasteiger partial charge on any atom is 0.254 e. The summed E-state index contributed by atoms with van der Waals surface area (Å²) in [5.74, 6) is -2.72. The van der Waals surface area contributed by atoms with Gasteiger partial charge in [-0.2, -0.15) is 4.39 Å². The van der Waals surface area contributed by atoms with E-state index in [0.29, 0.717) is 12.5 Å². The minimum atomic E-state index is -1.25. The highest BCUT2D eigenvalue weighted by Crippen LogP contribution is 2.67. The number of nitrogens with one attached hydrogen (secondary N) is 1. The van der Waals surface area contributed by atoms with Crippen LogP contribution in [-0.2, 0) is 0 Å². The first-order valence-electron chi connectivity index (χ1n) is 6.28. The third-order valence-corrected chi connectivity index (χ3v) is 4.88. The Kier molecular flexibility index (Phi) is 3.11. The molecule has 3 nitrogen and oxygen atoms in total. The van der Waals surface area contributed by atoms with E-state index >= 15 is 0 Å². The second-order valence-corrected chi connectivity index (χ2v) is 6.17. The molecule has 1 heterocycles. The Morgan fingerprint density at radius 1 is 1.32 bits per heavy atom. The van der Waals surface area contributed by atoms with Crippen molar-refractivity contribution in [1.82, 2.24) is 10.3 Å². The van der Waals surface area contributed by atoms with Crippen molar-refractivity contribution in [1.29, 1.82) is 0 Å². The minimum absolute atomic E-state index is 0.141. The summed E-state index contributed by atoms with van der Waals surface area (Å²) in [7, 11) is 0. The number of carbonyl (C=O) groups is 1. The summed E-state index contributed by atoms with van der Waals surface area (Å²) in [4.78, 5) is 15.0. The number of carbonyl (C=O) groups excluding carboxylic acids is 1. The maximum absolute atomic E-state index is 13.4. The third-order valence-electron chi connectivity index (χ3n) is 4.88. The molecule has 19 heavy (non-hydrogen) atoms. The predicted octanol–water partition coefficient (Wildman–Crippen LogP) is 2.77. The Labute approximate surface area is 111 Å². The number of aromatic nitrogens is 1. The molecule has 1 aromatic heterocycles. The molecule has 1 amide bonds. The Morgan fingerprint density at radius 2 is 1.89 bits per heavy atom. The highest BCUT2D eigenvalue weighted by Gasteiger charge is 2.64. The van der Waals surface area contributed by atoms with Gasteiger partial charge in [0.05, 0.1) is 5.56 Å². The summed E-state index contributed by atoms with van der Waals surface area (Å²) in [6.45, 7) is 9.00.